The summed E-state index contributed by atoms with van der Waals surface area (Å²) in [5.74, 6) is -0.0594. The third-order valence-electron chi connectivity index (χ3n) is 1.69. The maximum Gasteiger partial charge on any atom is 0.177 e. The van der Waals surface area contributed by atoms with E-state index in [1.54, 1.807) is 6.92 Å². The molecule has 1 rings (SSSR count). The number of nitrogens with one attached hydrogen (secondary N) is 1. The molecule has 0 fully saturated rings. The zero-order valence-electron chi connectivity index (χ0n) is 6.96. The Morgan fingerprint density at radius 3 is 2.33 bits per heavy atom. The van der Waals surface area contributed by atoms with Gasteiger partial charge in [-0.25, -0.2) is 0 Å². The standard InChI is InChI=1S/C8H11NO3/c1-5-3-8(11)6(9(2)12)4-7(5)10/h3-4,9-11H,1-2H3. The normalized spacial score (nSPS) is 12.9. The fourth-order valence-electron chi connectivity index (χ4n) is 0.963. The van der Waals surface area contributed by atoms with E-state index in [0.717, 1.165) is 0 Å². The molecule has 0 aromatic heterocycles. The number of rotatable bonds is 1. The zero-order valence-corrected chi connectivity index (χ0v) is 6.96. The van der Waals surface area contributed by atoms with Crippen LogP contribution in [0.3, 0.4) is 0 Å². The molecule has 4 heteroatoms. The number of aryl methyl sites for hydroxylation is 1. The average Bonchev–Trinajstić information content (AvgIpc) is 1.96. The molecule has 1 atom stereocenters. The fraction of sp³-hybridized carbons (Fsp3) is 0.250. The van der Waals surface area contributed by atoms with Crippen LogP contribution in [0, 0.1) is 12.1 Å². The second kappa shape index (κ2) is 3.00. The van der Waals surface area contributed by atoms with Crippen molar-refractivity contribution in [3.63, 3.8) is 0 Å². The Hall–Kier alpha value is -1.26. The predicted molar refractivity (Wildman–Crippen MR) is 44.4 cm³/mol. The Morgan fingerprint density at radius 2 is 1.83 bits per heavy atom. The van der Waals surface area contributed by atoms with Crippen molar-refractivity contribution in [2.24, 2.45) is 0 Å². The van der Waals surface area contributed by atoms with E-state index in [4.69, 9.17) is 0 Å². The molecule has 0 aliphatic heterocycles. The average molecular weight is 169 g/mol. The summed E-state index contributed by atoms with van der Waals surface area (Å²) in [5.41, 5.74) is 0.704. The van der Waals surface area contributed by atoms with Crippen LogP contribution in [0.25, 0.3) is 0 Å². The lowest BCUT2D eigenvalue weighted by Gasteiger charge is -2.17. The Bertz CT molecular complexity index is 297. The first-order chi connectivity index (χ1) is 5.52. The first kappa shape index (κ1) is 8.83. The summed E-state index contributed by atoms with van der Waals surface area (Å²) in [5, 5.41) is 29.1. The van der Waals surface area contributed by atoms with E-state index in [1.807, 2.05) is 0 Å². The molecule has 12 heavy (non-hydrogen) atoms. The SMILES string of the molecule is Cc1cc(O)c([NH+](C)[O-])cc1O. The molecule has 1 aromatic rings. The van der Waals surface area contributed by atoms with Crippen molar-refractivity contribution >= 4 is 5.69 Å². The molecule has 0 radical (unpaired) electrons. The highest BCUT2D eigenvalue weighted by atomic mass is 16.5. The molecule has 1 unspecified atom stereocenters. The number of quaternary nitrogens is 1. The quantitative estimate of drug-likeness (QED) is 0.316. The molecule has 0 aliphatic rings. The van der Waals surface area contributed by atoms with Gasteiger partial charge in [0, 0.05) is 6.07 Å². The lowest BCUT2D eigenvalue weighted by molar-refractivity contribution is -0.751. The van der Waals surface area contributed by atoms with Crippen molar-refractivity contribution in [3.05, 3.63) is 22.9 Å². The summed E-state index contributed by atoms with van der Waals surface area (Å²) >= 11 is 0. The molecule has 0 spiro atoms. The third kappa shape index (κ3) is 1.49. The Morgan fingerprint density at radius 1 is 1.25 bits per heavy atom. The molecule has 0 saturated heterocycles. The topological polar surface area (TPSA) is 68.0 Å². The summed E-state index contributed by atoms with van der Waals surface area (Å²) in [4.78, 5) is 0. The summed E-state index contributed by atoms with van der Waals surface area (Å²) in [6.07, 6.45) is 0. The van der Waals surface area contributed by atoms with Crippen LogP contribution in [0.1, 0.15) is 5.56 Å². The van der Waals surface area contributed by atoms with Gasteiger partial charge in [-0.3, -0.25) is 0 Å². The second-order valence-electron chi connectivity index (χ2n) is 2.71. The van der Waals surface area contributed by atoms with E-state index < -0.39 is 0 Å². The number of benzene rings is 1. The minimum Gasteiger partial charge on any atom is -0.629 e. The Labute approximate surface area is 70.3 Å². The summed E-state index contributed by atoms with van der Waals surface area (Å²) in [6, 6.07) is 2.64. The number of phenolic OH excluding ortho intramolecular Hbond substituents is 2. The fourth-order valence-corrected chi connectivity index (χ4v) is 0.963. The molecule has 1 aromatic carbocycles. The predicted octanol–water partition coefficient (Wildman–Crippen LogP) is 0.0502. The van der Waals surface area contributed by atoms with E-state index in [0.29, 0.717) is 5.56 Å². The number of hydroxylamine groups is 1. The van der Waals surface area contributed by atoms with Crippen LogP contribution < -0.4 is 5.06 Å². The smallest absolute Gasteiger partial charge is 0.177 e. The maximum absolute atomic E-state index is 10.9. The highest BCUT2D eigenvalue weighted by molar-refractivity contribution is 5.52. The molecule has 0 aliphatic carbocycles. The molecular weight excluding hydrogens is 158 g/mol. The first-order valence-electron chi connectivity index (χ1n) is 3.56. The van der Waals surface area contributed by atoms with Gasteiger partial charge in [-0.1, -0.05) is 0 Å². The highest BCUT2D eigenvalue weighted by Gasteiger charge is 2.08. The number of aromatic hydroxyl groups is 2. The molecule has 4 nitrogen and oxygen atoms in total. The lowest BCUT2D eigenvalue weighted by atomic mass is 10.2. The van der Waals surface area contributed by atoms with Crippen molar-refractivity contribution in [2.45, 2.75) is 6.92 Å². The minimum absolute atomic E-state index is 0.0259. The highest BCUT2D eigenvalue weighted by Crippen LogP contribution is 2.27. The van der Waals surface area contributed by atoms with Gasteiger partial charge in [0.15, 0.2) is 11.4 Å². The van der Waals surface area contributed by atoms with Crippen molar-refractivity contribution in [3.8, 4) is 11.5 Å². The molecule has 0 amide bonds. The number of hydrogen-bond donors (Lipinski definition) is 3. The molecule has 0 saturated carbocycles. The van der Waals surface area contributed by atoms with Gasteiger partial charge in [-0.05, 0) is 18.6 Å². The number of hydrogen-bond acceptors (Lipinski definition) is 3. The van der Waals surface area contributed by atoms with Gasteiger partial charge >= 0.3 is 0 Å². The van der Waals surface area contributed by atoms with Gasteiger partial charge in [-0.15, -0.1) is 0 Å². The number of phenols is 2. The summed E-state index contributed by atoms with van der Waals surface area (Å²) in [6.45, 7) is 1.65. The van der Waals surface area contributed by atoms with Crippen LogP contribution in [0.4, 0.5) is 5.69 Å². The van der Waals surface area contributed by atoms with Crippen LogP contribution in [0.5, 0.6) is 11.5 Å². The Kier molecular flexibility index (Phi) is 2.21. The molecule has 0 bridgehead atoms. The Balaban J connectivity index is 3.23. The van der Waals surface area contributed by atoms with Crippen LogP contribution >= 0.6 is 0 Å². The van der Waals surface area contributed by atoms with Crippen molar-refractivity contribution in [1.82, 2.24) is 0 Å². The van der Waals surface area contributed by atoms with E-state index in [9.17, 15) is 15.4 Å². The van der Waals surface area contributed by atoms with E-state index >= 15 is 0 Å². The zero-order chi connectivity index (χ0) is 9.30. The molecule has 0 heterocycles. The van der Waals surface area contributed by atoms with Crippen molar-refractivity contribution in [2.75, 3.05) is 7.05 Å². The van der Waals surface area contributed by atoms with Gasteiger partial charge in [-0.2, -0.15) is 0 Å². The van der Waals surface area contributed by atoms with Crippen LogP contribution in [0.15, 0.2) is 12.1 Å². The monoisotopic (exact) mass is 169 g/mol. The largest absolute Gasteiger partial charge is 0.629 e. The van der Waals surface area contributed by atoms with Gasteiger partial charge in [0.1, 0.15) is 5.75 Å². The van der Waals surface area contributed by atoms with Gasteiger partial charge in [0.2, 0.25) is 0 Å². The second-order valence-corrected chi connectivity index (χ2v) is 2.71. The molecule has 66 valence electrons. The summed E-state index contributed by atoms with van der Waals surface area (Å²) in [7, 11) is 1.34. The lowest BCUT2D eigenvalue weighted by Crippen LogP contribution is -2.98. The van der Waals surface area contributed by atoms with Crippen LogP contribution in [0.2, 0.25) is 0 Å². The molecule has 3 N–H and O–H groups in total. The van der Waals surface area contributed by atoms with Crippen molar-refractivity contribution < 1.29 is 15.3 Å². The third-order valence-corrected chi connectivity index (χ3v) is 1.69. The maximum atomic E-state index is 10.9. The van der Waals surface area contributed by atoms with Crippen LogP contribution in [-0.4, -0.2) is 17.3 Å². The minimum atomic E-state index is -0.261. The van der Waals surface area contributed by atoms with Crippen LogP contribution in [-0.2, 0) is 0 Å². The van der Waals surface area contributed by atoms with Gasteiger partial charge in [0.05, 0.1) is 7.05 Å². The van der Waals surface area contributed by atoms with Gasteiger partial charge in [0.25, 0.3) is 0 Å². The summed E-state index contributed by atoms with van der Waals surface area (Å²) < 4.78 is 0. The van der Waals surface area contributed by atoms with E-state index in [1.165, 1.54) is 19.2 Å². The van der Waals surface area contributed by atoms with Crippen molar-refractivity contribution in [1.29, 1.82) is 0 Å². The molecular formula is C8H11NO3. The van der Waals surface area contributed by atoms with E-state index in [2.05, 4.69) is 0 Å². The van der Waals surface area contributed by atoms with Gasteiger partial charge < -0.3 is 20.5 Å². The first-order valence-corrected chi connectivity index (χ1v) is 3.56. The van der Waals surface area contributed by atoms with E-state index in [-0.39, 0.29) is 22.2 Å².